The second-order valence-corrected chi connectivity index (χ2v) is 5.76. The van der Waals surface area contributed by atoms with Gasteiger partial charge in [-0.1, -0.05) is 48.5 Å². The van der Waals surface area contributed by atoms with Gasteiger partial charge < -0.3 is 4.74 Å². The standard InChI is InChI=1S/C21H14O3/c1-13(22)24-16-8-10-18-19-11-15(7-9-17(19)20(18)12-16)21(23)14-5-3-2-4-6-14/h2-12H,1H3. The first-order valence-electron chi connectivity index (χ1n) is 7.70. The summed E-state index contributed by atoms with van der Waals surface area (Å²) in [6.45, 7) is 1.38. The molecule has 3 heteroatoms. The summed E-state index contributed by atoms with van der Waals surface area (Å²) in [5, 5.41) is 0. The van der Waals surface area contributed by atoms with Gasteiger partial charge in [-0.15, -0.1) is 0 Å². The quantitative estimate of drug-likeness (QED) is 0.318. The highest BCUT2D eigenvalue weighted by Crippen LogP contribution is 2.48. The average molecular weight is 314 g/mol. The zero-order valence-corrected chi connectivity index (χ0v) is 13.1. The molecular weight excluding hydrogens is 300 g/mol. The van der Waals surface area contributed by atoms with Gasteiger partial charge in [-0.25, -0.2) is 0 Å². The van der Waals surface area contributed by atoms with E-state index < -0.39 is 0 Å². The Kier molecular flexibility index (Phi) is 3.28. The van der Waals surface area contributed by atoms with Gasteiger partial charge in [-0.3, -0.25) is 9.59 Å². The van der Waals surface area contributed by atoms with E-state index in [1.54, 1.807) is 6.07 Å². The molecule has 3 aromatic rings. The SMILES string of the molecule is CC(=O)Oc1ccc2c(c1)-c1ccc(C(=O)c3ccccc3)cc1-2. The molecule has 0 spiro atoms. The monoisotopic (exact) mass is 314 g/mol. The Morgan fingerprint density at radius 1 is 0.708 bits per heavy atom. The molecule has 0 N–H and O–H groups in total. The van der Waals surface area contributed by atoms with Crippen LogP contribution in [0.15, 0.2) is 66.7 Å². The number of fused-ring (bicyclic) bond motifs is 4. The maximum absolute atomic E-state index is 12.6. The van der Waals surface area contributed by atoms with E-state index in [4.69, 9.17) is 4.74 Å². The van der Waals surface area contributed by atoms with Crippen molar-refractivity contribution >= 4 is 11.8 Å². The van der Waals surface area contributed by atoms with Gasteiger partial charge in [-0.05, 0) is 40.5 Å². The minimum Gasteiger partial charge on any atom is -0.427 e. The van der Waals surface area contributed by atoms with Crippen molar-refractivity contribution in [2.24, 2.45) is 0 Å². The molecule has 0 saturated carbocycles. The molecule has 4 rings (SSSR count). The zero-order chi connectivity index (χ0) is 16.7. The third-order valence-corrected chi connectivity index (χ3v) is 4.15. The normalized spacial score (nSPS) is 11.0. The van der Waals surface area contributed by atoms with Gasteiger partial charge in [0.15, 0.2) is 5.78 Å². The van der Waals surface area contributed by atoms with Crippen molar-refractivity contribution < 1.29 is 14.3 Å². The van der Waals surface area contributed by atoms with Crippen LogP contribution in [-0.4, -0.2) is 11.8 Å². The summed E-state index contributed by atoms with van der Waals surface area (Å²) in [5.41, 5.74) is 5.60. The van der Waals surface area contributed by atoms with Crippen LogP contribution in [-0.2, 0) is 4.79 Å². The highest BCUT2D eigenvalue weighted by Gasteiger charge is 2.24. The molecular formula is C21H14O3. The molecule has 0 heterocycles. The number of hydrogen-bond acceptors (Lipinski definition) is 3. The molecule has 1 aliphatic carbocycles. The first-order valence-corrected chi connectivity index (χ1v) is 7.70. The second kappa shape index (κ2) is 5.46. The van der Waals surface area contributed by atoms with Crippen LogP contribution >= 0.6 is 0 Å². The van der Waals surface area contributed by atoms with Gasteiger partial charge in [0.05, 0.1) is 0 Å². The Labute approximate surface area is 139 Å². The number of benzene rings is 3. The van der Waals surface area contributed by atoms with E-state index in [-0.39, 0.29) is 11.8 Å². The summed E-state index contributed by atoms with van der Waals surface area (Å²) >= 11 is 0. The van der Waals surface area contributed by atoms with Gasteiger partial charge >= 0.3 is 5.97 Å². The molecule has 0 bridgehead atoms. The number of ether oxygens (including phenoxy) is 1. The zero-order valence-electron chi connectivity index (χ0n) is 13.1. The van der Waals surface area contributed by atoms with E-state index in [2.05, 4.69) is 0 Å². The largest absolute Gasteiger partial charge is 0.427 e. The van der Waals surface area contributed by atoms with Crippen molar-refractivity contribution in [1.29, 1.82) is 0 Å². The number of esters is 1. The molecule has 3 nitrogen and oxygen atoms in total. The molecule has 0 aromatic heterocycles. The van der Waals surface area contributed by atoms with Crippen molar-refractivity contribution in [3.05, 3.63) is 77.9 Å². The average Bonchev–Trinajstić information content (AvgIpc) is 2.59. The van der Waals surface area contributed by atoms with E-state index >= 15 is 0 Å². The molecule has 0 atom stereocenters. The van der Waals surface area contributed by atoms with Crippen LogP contribution in [0.4, 0.5) is 0 Å². The summed E-state index contributed by atoms with van der Waals surface area (Å²) in [6, 6.07) is 20.5. The van der Waals surface area contributed by atoms with Crippen molar-refractivity contribution in [1.82, 2.24) is 0 Å². The Morgan fingerprint density at radius 3 is 2.08 bits per heavy atom. The van der Waals surface area contributed by atoms with Crippen LogP contribution in [0.5, 0.6) is 5.75 Å². The van der Waals surface area contributed by atoms with Crippen LogP contribution in [0.3, 0.4) is 0 Å². The fourth-order valence-corrected chi connectivity index (χ4v) is 3.05. The number of hydrogen-bond donors (Lipinski definition) is 0. The van der Waals surface area contributed by atoms with E-state index in [1.165, 1.54) is 6.92 Å². The summed E-state index contributed by atoms with van der Waals surface area (Å²) in [5.74, 6) is 0.220. The number of rotatable bonds is 3. The predicted octanol–water partition coefficient (Wildman–Crippen LogP) is 4.49. The summed E-state index contributed by atoms with van der Waals surface area (Å²) in [4.78, 5) is 23.6. The molecule has 0 radical (unpaired) electrons. The fourth-order valence-electron chi connectivity index (χ4n) is 3.05. The van der Waals surface area contributed by atoms with Crippen LogP contribution in [0.25, 0.3) is 22.3 Å². The second-order valence-electron chi connectivity index (χ2n) is 5.76. The molecule has 0 fully saturated rings. The smallest absolute Gasteiger partial charge is 0.308 e. The maximum Gasteiger partial charge on any atom is 0.308 e. The van der Waals surface area contributed by atoms with E-state index in [0.29, 0.717) is 16.9 Å². The lowest BCUT2D eigenvalue weighted by molar-refractivity contribution is -0.131. The lowest BCUT2D eigenvalue weighted by Crippen LogP contribution is -2.06. The molecule has 0 saturated heterocycles. The Hall–Kier alpha value is -3.20. The summed E-state index contributed by atoms with van der Waals surface area (Å²) in [6.07, 6.45) is 0. The van der Waals surface area contributed by atoms with Crippen molar-refractivity contribution in [2.45, 2.75) is 6.92 Å². The molecule has 24 heavy (non-hydrogen) atoms. The fraction of sp³-hybridized carbons (Fsp3) is 0.0476. The Balaban J connectivity index is 1.67. The number of carbonyl (C=O) groups excluding carboxylic acids is 2. The third kappa shape index (κ3) is 2.31. The van der Waals surface area contributed by atoms with Crippen LogP contribution in [0.1, 0.15) is 22.8 Å². The maximum atomic E-state index is 12.6. The van der Waals surface area contributed by atoms with Crippen molar-refractivity contribution in [3.8, 4) is 28.0 Å². The van der Waals surface area contributed by atoms with Gasteiger partial charge in [-0.2, -0.15) is 0 Å². The summed E-state index contributed by atoms with van der Waals surface area (Å²) < 4.78 is 5.13. The van der Waals surface area contributed by atoms with Crippen LogP contribution in [0.2, 0.25) is 0 Å². The first-order chi connectivity index (χ1) is 11.6. The lowest BCUT2D eigenvalue weighted by atomic mass is 9.79. The highest BCUT2D eigenvalue weighted by molar-refractivity contribution is 6.12. The molecule has 0 aliphatic heterocycles. The van der Waals surface area contributed by atoms with Crippen molar-refractivity contribution in [2.75, 3.05) is 0 Å². The van der Waals surface area contributed by atoms with Crippen LogP contribution < -0.4 is 4.74 Å². The molecule has 116 valence electrons. The van der Waals surface area contributed by atoms with Gasteiger partial charge in [0.25, 0.3) is 0 Å². The third-order valence-electron chi connectivity index (χ3n) is 4.15. The highest BCUT2D eigenvalue weighted by atomic mass is 16.5. The Bertz CT molecular complexity index is 972. The lowest BCUT2D eigenvalue weighted by Gasteiger charge is -2.25. The van der Waals surface area contributed by atoms with Gasteiger partial charge in [0.2, 0.25) is 0 Å². The molecule has 3 aromatic carbocycles. The van der Waals surface area contributed by atoms with E-state index in [9.17, 15) is 9.59 Å². The topological polar surface area (TPSA) is 43.4 Å². The first kappa shape index (κ1) is 14.4. The van der Waals surface area contributed by atoms with E-state index in [0.717, 1.165) is 22.3 Å². The molecule has 1 aliphatic rings. The molecule has 0 amide bonds. The molecule has 0 unspecified atom stereocenters. The van der Waals surface area contributed by atoms with Gasteiger partial charge in [0.1, 0.15) is 5.75 Å². The van der Waals surface area contributed by atoms with Crippen molar-refractivity contribution in [3.63, 3.8) is 0 Å². The van der Waals surface area contributed by atoms with Gasteiger partial charge in [0, 0.05) is 18.1 Å². The number of carbonyl (C=O) groups is 2. The predicted molar refractivity (Wildman–Crippen MR) is 92.1 cm³/mol. The van der Waals surface area contributed by atoms with E-state index in [1.807, 2.05) is 60.7 Å². The minimum atomic E-state index is -0.335. The Morgan fingerprint density at radius 2 is 1.38 bits per heavy atom. The number of ketones is 1. The minimum absolute atomic E-state index is 0.0170. The van der Waals surface area contributed by atoms with Crippen LogP contribution in [0, 0.1) is 0 Å². The summed E-state index contributed by atoms with van der Waals surface area (Å²) in [7, 11) is 0.